The number of nitrogens with one attached hydrogen (secondary N) is 1. The van der Waals surface area contributed by atoms with Gasteiger partial charge < -0.3 is 19.5 Å². The standard InChI is InChI=1S/C24H22FN3O3/c1-29-20-12-16(13-21(30-2)22(20)31-3)23-27-19-7-5-4-6-18(19)24(28-23)26-14-15-8-10-17(25)11-9-15/h4-13H,14H2,1-3H3,(H,26,27,28). The van der Waals surface area contributed by atoms with Crippen LogP contribution in [0, 0.1) is 5.82 Å². The molecule has 0 unspecified atom stereocenters. The van der Waals surface area contributed by atoms with Gasteiger partial charge in [0.15, 0.2) is 17.3 Å². The number of methoxy groups -OCH3 is 3. The first-order valence-corrected chi connectivity index (χ1v) is 9.68. The zero-order chi connectivity index (χ0) is 21.8. The van der Waals surface area contributed by atoms with Crippen LogP contribution in [0.25, 0.3) is 22.3 Å². The fraction of sp³-hybridized carbons (Fsp3) is 0.167. The highest BCUT2D eigenvalue weighted by molar-refractivity contribution is 5.90. The summed E-state index contributed by atoms with van der Waals surface area (Å²) in [4.78, 5) is 9.49. The smallest absolute Gasteiger partial charge is 0.203 e. The topological polar surface area (TPSA) is 65.5 Å². The molecule has 7 heteroatoms. The number of rotatable bonds is 7. The Bertz CT molecular complexity index is 1190. The second-order valence-corrected chi connectivity index (χ2v) is 6.81. The molecule has 0 spiro atoms. The Kier molecular flexibility index (Phi) is 5.84. The number of halogens is 1. The van der Waals surface area contributed by atoms with Gasteiger partial charge >= 0.3 is 0 Å². The van der Waals surface area contributed by atoms with Gasteiger partial charge in [-0.1, -0.05) is 24.3 Å². The van der Waals surface area contributed by atoms with Gasteiger partial charge in [0.1, 0.15) is 11.6 Å². The highest BCUT2D eigenvalue weighted by atomic mass is 19.1. The Balaban J connectivity index is 1.78. The Morgan fingerprint density at radius 1 is 0.839 bits per heavy atom. The molecule has 0 amide bonds. The Labute approximate surface area is 179 Å². The van der Waals surface area contributed by atoms with Crippen LogP contribution in [0.15, 0.2) is 60.7 Å². The van der Waals surface area contributed by atoms with Gasteiger partial charge in [-0.05, 0) is 42.0 Å². The Hall–Kier alpha value is -3.87. The van der Waals surface area contributed by atoms with Crippen molar-refractivity contribution >= 4 is 16.7 Å². The molecule has 1 heterocycles. The normalized spacial score (nSPS) is 10.7. The second kappa shape index (κ2) is 8.87. The Morgan fingerprint density at radius 3 is 2.16 bits per heavy atom. The van der Waals surface area contributed by atoms with E-state index in [1.807, 2.05) is 36.4 Å². The van der Waals surface area contributed by atoms with Gasteiger partial charge in [-0.2, -0.15) is 0 Å². The van der Waals surface area contributed by atoms with Gasteiger partial charge in [0.05, 0.1) is 26.8 Å². The van der Waals surface area contributed by atoms with Crippen LogP contribution in [0.3, 0.4) is 0 Å². The summed E-state index contributed by atoms with van der Waals surface area (Å²) in [5.41, 5.74) is 2.46. The van der Waals surface area contributed by atoms with E-state index in [0.29, 0.717) is 35.4 Å². The third-order valence-electron chi connectivity index (χ3n) is 4.90. The largest absolute Gasteiger partial charge is 0.493 e. The molecule has 0 aliphatic rings. The highest BCUT2D eigenvalue weighted by Crippen LogP contribution is 2.41. The number of aromatic nitrogens is 2. The van der Waals surface area contributed by atoms with Crippen LogP contribution in [0.4, 0.5) is 10.2 Å². The van der Waals surface area contributed by atoms with E-state index < -0.39 is 0 Å². The first kappa shape index (κ1) is 20.4. The number of anilines is 1. The van der Waals surface area contributed by atoms with Crippen molar-refractivity contribution in [2.24, 2.45) is 0 Å². The minimum Gasteiger partial charge on any atom is -0.493 e. The molecule has 4 aromatic rings. The van der Waals surface area contributed by atoms with Crippen molar-refractivity contribution < 1.29 is 18.6 Å². The number of ether oxygens (including phenoxy) is 3. The average molecular weight is 419 g/mol. The molecule has 0 fully saturated rings. The summed E-state index contributed by atoms with van der Waals surface area (Å²) < 4.78 is 29.5. The van der Waals surface area contributed by atoms with Crippen LogP contribution in [-0.2, 0) is 6.54 Å². The lowest BCUT2D eigenvalue weighted by Crippen LogP contribution is -2.04. The molecule has 3 aromatic carbocycles. The van der Waals surface area contributed by atoms with Crippen LogP contribution < -0.4 is 19.5 Å². The van der Waals surface area contributed by atoms with Crippen molar-refractivity contribution in [2.45, 2.75) is 6.54 Å². The third-order valence-corrected chi connectivity index (χ3v) is 4.90. The fourth-order valence-corrected chi connectivity index (χ4v) is 3.34. The fourth-order valence-electron chi connectivity index (χ4n) is 3.34. The van der Waals surface area contributed by atoms with E-state index >= 15 is 0 Å². The maximum atomic E-state index is 13.2. The van der Waals surface area contributed by atoms with E-state index in [1.165, 1.54) is 12.1 Å². The number of benzene rings is 3. The third kappa shape index (κ3) is 4.21. The van der Waals surface area contributed by atoms with Gasteiger partial charge in [0, 0.05) is 17.5 Å². The summed E-state index contributed by atoms with van der Waals surface area (Å²) in [6.07, 6.45) is 0. The maximum Gasteiger partial charge on any atom is 0.203 e. The van der Waals surface area contributed by atoms with Gasteiger partial charge in [-0.15, -0.1) is 0 Å². The first-order chi connectivity index (χ1) is 15.1. The van der Waals surface area contributed by atoms with Crippen LogP contribution >= 0.6 is 0 Å². The lowest BCUT2D eigenvalue weighted by Gasteiger charge is -2.15. The van der Waals surface area contributed by atoms with Gasteiger partial charge in [-0.25, -0.2) is 14.4 Å². The highest BCUT2D eigenvalue weighted by Gasteiger charge is 2.17. The zero-order valence-corrected chi connectivity index (χ0v) is 17.5. The average Bonchev–Trinajstić information content (AvgIpc) is 2.82. The molecular formula is C24H22FN3O3. The van der Waals surface area contributed by atoms with Gasteiger partial charge in [0.2, 0.25) is 5.75 Å². The van der Waals surface area contributed by atoms with Crippen molar-refractivity contribution in [3.63, 3.8) is 0 Å². The first-order valence-electron chi connectivity index (χ1n) is 9.68. The second-order valence-electron chi connectivity index (χ2n) is 6.81. The molecule has 1 aromatic heterocycles. The summed E-state index contributed by atoms with van der Waals surface area (Å²) in [6.45, 7) is 0.496. The summed E-state index contributed by atoms with van der Waals surface area (Å²) in [6, 6.07) is 17.8. The van der Waals surface area contributed by atoms with Crippen LogP contribution in [-0.4, -0.2) is 31.3 Å². The zero-order valence-electron chi connectivity index (χ0n) is 17.5. The SMILES string of the molecule is COc1cc(-c2nc(NCc3ccc(F)cc3)c3ccccc3n2)cc(OC)c1OC. The molecule has 1 N–H and O–H groups in total. The van der Waals surface area contributed by atoms with E-state index in [1.54, 1.807) is 33.5 Å². The molecule has 0 aliphatic carbocycles. The molecule has 0 saturated carbocycles. The summed E-state index contributed by atoms with van der Waals surface area (Å²) in [5.74, 6) is 2.48. The van der Waals surface area contributed by atoms with Crippen LogP contribution in [0.1, 0.15) is 5.56 Å². The van der Waals surface area contributed by atoms with E-state index in [9.17, 15) is 4.39 Å². The molecule has 0 bridgehead atoms. The maximum absolute atomic E-state index is 13.2. The molecule has 0 saturated heterocycles. The molecule has 158 valence electrons. The molecule has 31 heavy (non-hydrogen) atoms. The Morgan fingerprint density at radius 2 is 1.52 bits per heavy atom. The monoisotopic (exact) mass is 419 g/mol. The van der Waals surface area contributed by atoms with Crippen LogP contribution in [0.5, 0.6) is 17.2 Å². The van der Waals surface area contributed by atoms with E-state index in [-0.39, 0.29) is 5.82 Å². The lowest BCUT2D eigenvalue weighted by atomic mass is 10.1. The number of fused-ring (bicyclic) bond motifs is 1. The van der Waals surface area contributed by atoms with Crippen LogP contribution in [0.2, 0.25) is 0 Å². The van der Waals surface area contributed by atoms with Crippen molar-refractivity contribution in [2.75, 3.05) is 26.6 Å². The van der Waals surface area contributed by atoms with Crippen molar-refractivity contribution in [3.05, 3.63) is 72.0 Å². The number of nitrogens with zero attached hydrogens (tertiary/aromatic N) is 2. The molecule has 4 rings (SSSR count). The predicted molar refractivity (Wildman–Crippen MR) is 118 cm³/mol. The summed E-state index contributed by atoms with van der Waals surface area (Å²) >= 11 is 0. The molecule has 0 aliphatic heterocycles. The van der Waals surface area contributed by atoms with Gasteiger partial charge in [-0.3, -0.25) is 0 Å². The summed E-state index contributed by atoms with van der Waals surface area (Å²) in [5, 5.41) is 4.24. The quantitative estimate of drug-likeness (QED) is 0.451. The van der Waals surface area contributed by atoms with E-state index in [0.717, 1.165) is 22.0 Å². The number of hydrogen-bond acceptors (Lipinski definition) is 6. The molecule has 0 atom stereocenters. The van der Waals surface area contributed by atoms with Gasteiger partial charge in [0.25, 0.3) is 0 Å². The van der Waals surface area contributed by atoms with Crippen molar-refractivity contribution in [1.29, 1.82) is 0 Å². The molecule has 0 radical (unpaired) electrons. The lowest BCUT2D eigenvalue weighted by molar-refractivity contribution is 0.324. The summed E-state index contributed by atoms with van der Waals surface area (Å²) in [7, 11) is 4.69. The number of hydrogen-bond donors (Lipinski definition) is 1. The van der Waals surface area contributed by atoms with Crippen molar-refractivity contribution in [1.82, 2.24) is 9.97 Å². The van der Waals surface area contributed by atoms with Crippen molar-refractivity contribution in [3.8, 4) is 28.6 Å². The molecule has 6 nitrogen and oxygen atoms in total. The van der Waals surface area contributed by atoms with E-state index in [2.05, 4.69) is 5.32 Å². The predicted octanol–water partition coefficient (Wildman–Crippen LogP) is 5.07. The minimum atomic E-state index is -0.263. The van der Waals surface area contributed by atoms with E-state index in [4.69, 9.17) is 24.2 Å². The minimum absolute atomic E-state index is 0.263. The number of para-hydroxylation sites is 1. The molecular weight excluding hydrogens is 397 g/mol.